The molecule has 0 saturated carbocycles. The molecule has 3 aromatic rings. The van der Waals surface area contributed by atoms with Crippen LogP contribution in [0.3, 0.4) is 0 Å². The molecule has 1 aliphatic rings. The second-order valence-corrected chi connectivity index (χ2v) is 6.77. The van der Waals surface area contributed by atoms with Gasteiger partial charge in [-0.05, 0) is 30.3 Å². The average molecular weight is 441 g/mol. The Labute approximate surface area is 170 Å². The largest absolute Gasteiger partial charge is 0.418 e. The molecular weight excluding hydrogens is 431 g/mol. The molecule has 5 nitrogen and oxygen atoms in total. The fourth-order valence-corrected chi connectivity index (χ4v) is 3.39. The van der Waals surface area contributed by atoms with Crippen LogP contribution in [-0.4, -0.2) is 16.6 Å². The van der Waals surface area contributed by atoms with Gasteiger partial charge in [-0.3, -0.25) is 0 Å². The standard InChI is InChI=1S/C19H10ClF5N4O/c20-16-12(21)3-2-11(17(16)22)18-27-14(28-30-18)8-29-6-5-10-13(29)4-1-9(7-26)15(10)19(23,24)25/h1-6,14,28H,8H2. The molecule has 30 heavy (non-hydrogen) atoms. The Morgan fingerprint density at radius 3 is 2.67 bits per heavy atom. The van der Waals surface area contributed by atoms with Crippen LogP contribution < -0.4 is 5.48 Å². The van der Waals surface area contributed by atoms with E-state index >= 15 is 0 Å². The molecule has 1 unspecified atom stereocenters. The van der Waals surface area contributed by atoms with Gasteiger partial charge in [-0.15, -0.1) is 5.48 Å². The molecule has 0 amide bonds. The number of hydroxylamine groups is 1. The third-order valence-electron chi connectivity index (χ3n) is 4.56. The highest BCUT2D eigenvalue weighted by atomic mass is 35.5. The first-order valence-corrected chi connectivity index (χ1v) is 8.81. The van der Waals surface area contributed by atoms with Crippen molar-refractivity contribution in [1.82, 2.24) is 10.0 Å². The number of fused-ring (bicyclic) bond motifs is 1. The van der Waals surface area contributed by atoms with Crippen molar-refractivity contribution in [2.45, 2.75) is 18.9 Å². The Morgan fingerprint density at radius 1 is 1.20 bits per heavy atom. The second kappa shape index (κ2) is 7.27. The van der Waals surface area contributed by atoms with Crippen LogP contribution in [0.15, 0.2) is 41.5 Å². The number of rotatable bonds is 3. The third kappa shape index (κ3) is 3.36. The molecule has 0 fully saturated rings. The predicted octanol–water partition coefficient (Wildman–Crippen LogP) is 4.77. The van der Waals surface area contributed by atoms with Gasteiger partial charge in [0.05, 0.1) is 29.3 Å². The summed E-state index contributed by atoms with van der Waals surface area (Å²) in [4.78, 5) is 9.29. The highest BCUT2D eigenvalue weighted by Gasteiger charge is 2.36. The number of aliphatic imine (C=N–C) groups is 1. The molecule has 0 saturated heterocycles. The van der Waals surface area contributed by atoms with Gasteiger partial charge in [-0.1, -0.05) is 11.6 Å². The maximum absolute atomic E-state index is 14.2. The first kappa shape index (κ1) is 20.1. The quantitative estimate of drug-likeness (QED) is 0.471. The number of alkyl halides is 3. The zero-order valence-electron chi connectivity index (χ0n) is 14.8. The Kier molecular flexibility index (Phi) is 4.88. The molecule has 1 aromatic heterocycles. The number of nitrogens with one attached hydrogen (secondary N) is 1. The molecule has 154 valence electrons. The van der Waals surface area contributed by atoms with Crippen molar-refractivity contribution in [2.75, 3.05) is 0 Å². The molecule has 2 heterocycles. The summed E-state index contributed by atoms with van der Waals surface area (Å²) in [5.74, 6) is -2.14. The van der Waals surface area contributed by atoms with E-state index in [0.29, 0.717) is 0 Å². The zero-order chi connectivity index (χ0) is 21.6. The smallest absolute Gasteiger partial charge is 0.386 e. The SMILES string of the molecule is N#Cc1ccc2c(ccn2CC2N=C(c3ccc(F)c(Cl)c3F)ON2)c1C(F)(F)F. The molecule has 1 aliphatic heterocycles. The van der Waals surface area contributed by atoms with Crippen molar-refractivity contribution in [3.05, 3.63) is 69.9 Å². The van der Waals surface area contributed by atoms with E-state index in [0.717, 1.165) is 18.2 Å². The summed E-state index contributed by atoms with van der Waals surface area (Å²) in [6.07, 6.45) is -4.04. The normalized spacial score (nSPS) is 16.4. The van der Waals surface area contributed by atoms with Gasteiger partial charge in [-0.25, -0.2) is 13.8 Å². The average Bonchev–Trinajstić information content (AvgIpc) is 3.32. The summed E-state index contributed by atoms with van der Waals surface area (Å²) in [5.41, 5.74) is 1.13. The van der Waals surface area contributed by atoms with Gasteiger partial charge in [0.25, 0.3) is 0 Å². The molecule has 1 N–H and O–H groups in total. The lowest BCUT2D eigenvalue weighted by Gasteiger charge is -2.12. The topological polar surface area (TPSA) is 62.3 Å². The van der Waals surface area contributed by atoms with Crippen LogP contribution in [0.4, 0.5) is 22.0 Å². The van der Waals surface area contributed by atoms with E-state index in [4.69, 9.17) is 21.7 Å². The molecule has 4 rings (SSSR count). The highest BCUT2D eigenvalue weighted by Crippen LogP contribution is 2.37. The van der Waals surface area contributed by atoms with Gasteiger partial charge in [0, 0.05) is 17.1 Å². The van der Waals surface area contributed by atoms with Crippen molar-refractivity contribution in [2.24, 2.45) is 4.99 Å². The van der Waals surface area contributed by atoms with E-state index in [9.17, 15) is 22.0 Å². The van der Waals surface area contributed by atoms with Crippen LogP contribution in [0.1, 0.15) is 16.7 Å². The lowest BCUT2D eigenvalue weighted by atomic mass is 10.0. The van der Waals surface area contributed by atoms with Crippen molar-refractivity contribution in [3.8, 4) is 6.07 Å². The van der Waals surface area contributed by atoms with Crippen LogP contribution in [0.25, 0.3) is 10.9 Å². The minimum Gasteiger partial charge on any atom is -0.386 e. The van der Waals surface area contributed by atoms with E-state index in [-0.39, 0.29) is 28.9 Å². The lowest BCUT2D eigenvalue weighted by molar-refractivity contribution is -0.136. The third-order valence-corrected chi connectivity index (χ3v) is 4.90. The molecule has 0 aliphatic carbocycles. The van der Waals surface area contributed by atoms with Gasteiger partial charge in [0.1, 0.15) is 10.8 Å². The summed E-state index contributed by atoms with van der Waals surface area (Å²) in [7, 11) is 0. The van der Waals surface area contributed by atoms with Crippen molar-refractivity contribution in [1.29, 1.82) is 5.26 Å². The van der Waals surface area contributed by atoms with Gasteiger partial charge in [0.15, 0.2) is 12.0 Å². The highest BCUT2D eigenvalue weighted by molar-refractivity contribution is 6.31. The van der Waals surface area contributed by atoms with Gasteiger partial charge in [-0.2, -0.15) is 18.4 Å². The zero-order valence-corrected chi connectivity index (χ0v) is 15.5. The minimum atomic E-state index is -4.70. The van der Waals surface area contributed by atoms with E-state index < -0.39 is 40.1 Å². The van der Waals surface area contributed by atoms with Crippen LogP contribution >= 0.6 is 11.6 Å². The summed E-state index contributed by atoms with van der Waals surface area (Å²) in [5, 5.41) is 8.18. The summed E-state index contributed by atoms with van der Waals surface area (Å²) < 4.78 is 69.3. The molecule has 0 spiro atoms. The van der Waals surface area contributed by atoms with Gasteiger partial charge < -0.3 is 9.40 Å². The Balaban J connectivity index is 1.66. The predicted molar refractivity (Wildman–Crippen MR) is 97.6 cm³/mol. The molecule has 2 aromatic carbocycles. The molecule has 0 radical (unpaired) electrons. The number of hydrogen-bond acceptors (Lipinski definition) is 4. The van der Waals surface area contributed by atoms with Crippen LogP contribution in [0.5, 0.6) is 0 Å². The van der Waals surface area contributed by atoms with E-state index in [1.807, 2.05) is 0 Å². The first-order chi connectivity index (χ1) is 14.2. The Bertz CT molecular complexity index is 1230. The minimum absolute atomic E-state index is 0.0484. The molecule has 1 atom stereocenters. The van der Waals surface area contributed by atoms with Gasteiger partial charge in [0.2, 0.25) is 5.90 Å². The monoisotopic (exact) mass is 440 g/mol. The summed E-state index contributed by atoms with van der Waals surface area (Å²) in [6, 6.07) is 7.41. The number of hydrogen-bond donors (Lipinski definition) is 1. The van der Waals surface area contributed by atoms with Gasteiger partial charge >= 0.3 is 6.18 Å². The maximum atomic E-state index is 14.2. The molecule has 11 heteroatoms. The fraction of sp³-hybridized carbons (Fsp3) is 0.158. The van der Waals surface area contributed by atoms with Crippen LogP contribution in [0.2, 0.25) is 5.02 Å². The molecule has 0 bridgehead atoms. The first-order valence-electron chi connectivity index (χ1n) is 8.44. The molecular formula is C19H10ClF5N4O. The van der Waals surface area contributed by atoms with E-state index in [1.165, 1.54) is 22.9 Å². The maximum Gasteiger partial charge on any atom is 0.418 e. The lowest BCUT2D eigenvalue weighted by Crippen LogP contribution is -2.26. The number of halogens is 6. The Hall–Kier alpha value is -3.16. The summed E-state index contributed by atoms with van der Waals surface area (Å²) in [6.45, 7) is 0.0484. The van der Waals surface area contributed by atoms with Crippen LogP contribution in [0, 0.1) is 23.0 Å². The number of nitriles is 1. The van der Waals surface area contributed by atoms with Crippen molar-refractivity contribution >= 4 is 28.4 Å². The van der Waals surface area contributed by atoms with Crippen molar-refractivity contribution < 1.29 is 26.8 Å². The Morgan fingerprint density at radius 2 is 1.97 bits per heavy atom. The number of aromatic nitrogens is 1. The van der Waals surface area contributed by atoms with E-state index in [1.54, 1.807) is 6.07 Å². The van der Waals surface area contributed by atoms with E-state index in [2.05, 4.69) is 10.5 Å². The number of nitrogens with zero attached hydrogens (tertiary/aromatic N) is 3. The summed E-state index contributed by atoms with van der Waals surface area (Å²) >= 11 is 5.55. The van der Waals surface area contributed by atoms with Crippen LogP contribution in [-0.2, 0) is 17.6 Å². The number of benzene rings is 2. The van der Waals surface area contributed by atoms with Crippen molar-refractivity contribution in [3.63, 3.8) is 0 Å². The second-order valence-electron chi connectivity index (χ2n) is 6.39. The fourth-order valence-electron chi connectivity index (χ4n) is 3.23.